The molecule has 0 atom stereocenters. The lowest BCUT2D eigenvalue weighted by atomic mass is 10.2. The number of phenolic OH excluding ortho intramolecular Hbond substituents is 1. The molecule has 3 N–H and O–H groups in total. The first kappa shape index (κ1) is 13.9. The van der Waals surface area contributed by atoms with Gasteiger partial charge in [0.15, 0.2) is 0 Å². The van der Waals surface area contributed by atoms with Crippen LogP contribution in [0.25, 0.3) is 10.9 Å². The molecule has 0 saturated carbocycles. The van der Waals surface area contributed by atoms with Gasteiger partial charge < -0.3 is 15.4 Å². The first-order valence-corrected chi connectivity index (χ1v) is 7.95. The minimum atomic E-state index is 0.294. The molecule has 108 valence electrons. The second-order valence-corrected chi connectivity index (χ2v) is 6.30. The molecule has 3 rings (SSSR count). The van der Waals surface area contributed by atoms with Crippen molar-refractivity contribution in [3.8, 4) is 5.75 Å². The van der Waals surface area contributed by atoms with Gasteiger partial charge in [0.25, 0.3) is 0 Å². The van der Waals surface area contributed by atoms with E-state index in [-0.39, 0.29) is 0 Å². The van der Waals surface area contributed by atoms with Crippen molar-refractivity contribution in [2.24, 2.45) is 0 Å². The molecule has 4 heteroatoms. The lowest BCUT2D eigenvalue weighted by Crippen LogP contribution is -1.98. The summed E-state index contributed by atoms with van der Waals surface area (Å²) in [4.78, 5) is 1.23. The number of thioether (sulfide) groups is 1. The van der Waals surface area contributed by atoms with Crippen LogP contribution in [0.3, 0.4) is 0 Å². The van der Waals surface area contributed by atoms with Crippen molar-refractivity contribution >= 4 is 28.4 Å². The summed E-state index contributed by atoms with van der Waals surface area (Å²) in [7, 11) is 0. The van der Waals surface area contributed by atoms with Crippen molar-refractivity contribution in [3.63, 3.8) is 0 Å². The SMILES string of the molecule is CCSc1cc(N)cc2c1ccn2Cc1ccc(O)cc1. The second kappa shape index (κ2) is 5.74. The Bertz CT molecular complexity index is 762. The van der Waals surface area contributed by atoms with Crippen LogP contribution in [-0.4, -0.2) is 15.4 Å². The molecule has 0 aliphatic rings. The largest absolute Gasteiger partial charge is 0.508 e. The number of fused-ring (bicyclic) bond motifs is 1. The Kier molecular flexibility index (Phi) is 3.80. The summed E-state index contributed by atoms with van der Waals surface area (Å²) in [6, 6.07) is 13.5. The predicted molar refractivity (Wildman–Crippen MR) is 90.0 cm³/mol. The third-order valence-electron chi connectivity index (χ3n) is 3.46. The zero-order valence-electron chi connectivity index (χ0n) is 11.9. The maximum Gasteiger partial charge on any atom is 0.115 e. The Labute approximate surface area is 128 Å². The molecule has 21 heavy (non-hydrogen) atoms. The quantitative estimate of drug-likeness (QED) is 0.563. The Balaban J connectivity index is 2.01. The topological polar surface area (TPSA) is 51.2 Å². The first-order chi connectivity index (χ1) is 10.2. The Morgan fingerprint density at radius 1 is 1.14 bits per heavy atom. The van der Waals surface area contributed by atoms with Crippen molar-refractivity contribution in [1.29, 1.82) is 0 Å². The molecule has 0 bridgehead atoms. The minimum Gasteiger partial charge on any atom is -0.508 e. The van der Waals surface area contributed by atoms with Crippen LogP contribution in [0.1, 0.15) is 12.5 Å². The summed E-state index contributed by atoms with van der Waals surface area (Å²) in [5.74, 6) is 1.32. The Morgan fingerprint density at radius 3 is 2.62 bits per heavy atom. The molecule has 0 fully saturated rings. The number of hydrogen-bond acceptors (Lipinski definition) is 3. The van der Waals surface area contributed by atoms with Crippen LogP contribution in [-0.2, 0) is 6.54 Å². The molecule has 0 spiro atoms. The van der Waals surface area contributed by atoms with Gasteiger partial charge in [0.05, 0.1) is 5.52 Å². The molecule has 0 amide bonds. The molecular weight excluding hydrogens is 280 g/mol. The summed E-state index contributed by atoms with van der Waals surface area (Å²) < 4.78 is 2.19. The fraction of sp³-hybridized carbons (Fsp3) is 0.176. The van der Waals surface area contributed by atoms with E-state index < -0.39 is 0 Å². The number of nitrogens with two attached hydrogens (primary N) is 1. The summed E-state index contributed by atoms with van der Waals surface area (Å²) in [5, 5.41) is 10.6. The highest BCUT2D eigenvalue weighted by molar-refractivity contribution is 7.99. The average Bonchev–Trinajstić information content (AvgIpc) is 2.85. The Hall–Kier alpha value is -2.07. The van der Waals surface area contributed by atoms with Gasteiger partial charge in [0.2, 0.25) is 0 Å². The fourth-order valence-corrected chi connectivity index (χ4v) is 3.35. The van der Waals surface area contributed by atoms with E-state index in [9.17, 15) is 5.11 Å². The number of benzene rings is 2. The first-order valence-electron chi connectivity index (χ1n) is 6.96. The normalized spacial score (nSPS) is 11.1. The van der Waals surface area contributed by atoms with Crippen LogP contribution in [0.15, 0.2) is 53.6 Å². The number of nitrogens with zero attached hydrogens (tertiary/aromatic N) is 1. The summed E-state index contributed by atoms with van der Waals surface area (Å²) >= 11 is 1.81. The molecule has 0 unspecified atom stereocenters. The van der Waals surface area contributed by atoms with Crippen LogP contribution in [0.5, 0.6) is 5.75 Å². The molecule has 1 aromatic heterocycles. The van der Waals surface area contributed by atoms with E-state index in [2.05, 4.69) is 23.8 Å². The van der Waals surface area contributed by atoms with E-state index in [0.717, 1.165) is 29.1 Å². The van der Waals surface area contributed by atoms with E-state index in [0.29, 0.717) is 5.75 Å². The molecule has 0 radical (unpaired) electrons. The van der Waals surface area contributed by atoms with Crippen molar-refractivity contribution in [1.82, 2.24) is 4.57 Å². The average molecular weight is 298 g/mol. The van der Waals surface area contributed by atoms with Crippen molar-refractivity contribution < 1.29 is 5.11 Å². The molecular formula is C17H18N2OS. The van der Waals surface area contributed by atoms with Gasteiger partial charge in [-0.15, -0.1) is 11.8 Å². The molecule has 2 aromatic carbocycles. The third kappa shape index (κ3) is 2.85. The number of hydrogen-bond donors (Lipinski definition) is 2. The van der Waals surface area contributed by atoms with Gasteiger partial charge >= 0.3 is 0 Å². The highest BCUT2D eigenvalue weighted by atomic mass is 32.2. The van der Waals surface area contributed by atoms with E-state index in [4.69, 9.17) is 5.73 Å². The lowest BCUT2D eigenvalue weighted by Gasteiger charge is -2.09. The van der Waals surface area contributed by atoms with Gasteiger partial charge in [0, 0.05) is 28.7 Å². The van der Waals surface area contributed by atoms with Crippen molar-refractivity contribution in [2.45, 2.75) is 18.4 Å². The highest BCUT2D eigenvalue weighted by Gasteiger charge is 2.08. The summed E-state index contributed by atoms with van der Waals surface area (Å²) in [6.45, 7) is 2.91. The number of rotatable bonds is 4. The molecule has 0 aliphatic carbocycles. The molecule has 3 aromatic rings. The van der Waals surface area contributed by atoms with Gasteiger partial charge in [-0.05, 0) is 41.6 Å². The molecule has 0 saturated heterocycles. The van der Waals surface area contributed by atoms with Gasteiger partial charge in [-0.25, -0.2) is 0 Å². The molecule has 0 aliphatic heterocycles. The van der Waals surface area contributed by atoms with Gasteiger partial charge in [-0.2, -0.15) is 0 Å². The maximum atomic E-state index is 9.36. The summed E-state index contributed by atoms with van der Waals surface area (Å²) in [6.07, 6.45) is 2.09. The second-order valence-electron chi connectivity index (χ2n) is 4.99. The van der Waals surface area contributed by atoms with Crippen LogP contribution < -0.4 is 5.73 Å². The number of phenols is 1. The monoisotopic (exact) mass is 298 g/mol. The number of aromatic nitrogens is 1. The van der Waals surface area contributed by atoms with Crippen molar-refractivity contribution in [2.75, 3.05) is 11.5 Å². The Morgan fingerprint density at radius 2 is 1.90 bits per heavy atom. The zero-order valence-corrected chi connectivity index (χ0v) is 12.7. The van der Waals surface area contributed by atoms with Crippen LogP contribution in [0, 0.1) is 0 Å². The van der Waals surface area contributed by atoms with E-state index in [1.807, 2.05) is 36.0 Å². The number of nitrogen functional groups attached to an aromatic ring is 1. The smallest absolute Gasteiger partial charge is 0.115 e. The predicted octanol–water partition coefficient (Wildman–Crippen LogP) is 4.09. The van der Waals surface area contributed by atoms with E-state index in [1.54, 1.807) is 12.1 Å². The summed E-state index contributed by atoms with van der Waals surface area (Å²) in [5.41, 5.74) is 9.13. The molecule has 1 heterocycles. The third-order valence-corrected chi connectivity index (χ3v) is 4.40. The number of anilines is 1. The van der Waals surface area contributed by atoms with E-state index in [1.165, 1.54) is 10.3 Å². The maximum absolute atomic E-state index is 9.36. The van der Waals surface area contributed by atoms with Gasteiger partial charge in [-0.1, -0.05) is 19.1 Å². The van der Waals surface area contributed by atoms with Crippen molar-refractivity contribution in [3.05, 3.63) is 54.2 Å². The molecule has 3 nitrogen and oxygen atoms in total. The highest BCUT2D eigenvalue weighted by Crippen LogP contribution is 2.31. The van der Waals surface area contributed by atoms with Gasteiger partial charge in [-0.3, -0.25) is 0 Å². The van der Waals surface area contributed by atoms with Gasteiger partial charge in [0.1, 0.15) is 5.75 Å². The van der Waals surface area contributed by atoms with Crippen LogP contribution >= 0.6 is 11.8 Å². The number of aromatic hydroxyl groups is 1. The van der Waals surface area contributed by atoms with Crippen LogP contribution in [0.4, 0.5) is 5.69 Å². The minimum absolute atomic E-state index is 0.294. The zero-order chi connectivity index (χ0) is 14.8. The lowest BCUT2D eigenvalue weighted by molar-refractivity contribution is 0.475. The fourth-order valence-electron chi connectivity index (χ4n) is 2.49. The van der Waals surface area contributed by atoms with Crippen LogP contribution in [0.2, 0.25) is 0 Å². The standard InChI is InChI=1S/C17H18N2OS/c1-2-21-17-10-13(18)9-16-15(17)7-8-19(16)11-12-3-5-14(20)6-4-12/h3-10,20H,2,11,18H2,1H3. The van der Waals surface area contributed by atoms with E-state index >= 15 is 0 Å².